The first kappa shape index (κ1) is 43.8. The molecule has 1 aliphatic heterocycles. The van der Waals surface area contributed by atoms with Crippen LogP contribution in [0.1, 0.15) is 103 Å². The molecule has 0 aliphatic carbocycles. The molecule has 0 bridgehead atoms. The highest BCUT2D eigenvalue weighted by Gasteiger charge is 2.32. The van der Waals surface area contributed by atoms with Gasteiger partial charge < -0.3 is 14.5 Å². The molecule has 0 radical (unpaired) electrons. The Kier molecular flexibility index (Phi) is 10.7. The second-order valence-corrected chi connectivity index (χ2v) is 21.5. The summed E-state index contributed by atoms with van der Waals surface area (Å²) in [6.45, 7) is 23.6. The monoisotopic (exact) mass is 878 g/mol. The van der Waals surface area contributed by atoms with E-state index in [2.05, 4.69) is 260 Å². The fourth-order valence-corrected chi connectivity index (χ4v) is 9.82. The van der Waals surface area contributed by atoms with E-state index in [-0.39, 0.29) is 21.7 Å². The Balaban J connectivity index is 1.02. The van der Waals surface area contributed by atoms with Gasteiger partial charge in [-0.1, -0.05) is 166 Å². The Labute approximate surface area is 397 Å². The number of pyridine rings is 1. The molecule has 1 aliphatic rings. The van der Waals surface area contributed by atoms with Gasteiger partial charge in [-0.25, -0.2) is 4.98 Å². The minimum atomic E-state index is -0.206. The van der Waals surface area contributed by atoms with Gasteiger partial charge in [0.05, 0.1) is 22.4 Å². The fourth-order valence-electron chi connectivity index (χ4n) is 9.82. The number of rotatable bonds is 9. The van der Waals surface area contributed by atoms with E-state index >= 15 is 0 Å². The van der Waals surface area contributed by atoms with Gasteiger partial charge >= 0.3 is 0 Å². The number of ether oxygens (including phenoxy) is 1. The zero-order chi connectivity index (χ0) is 46.9. The van der Waals surface area contributed by atoms with E-state index in [0.717, 1.165) is 45.1 Å². The zero-order valence-electron chi connectivity index (χ0n) is 40.7. The highest BCUT2D eigenvalue weighted by molar-refractivity contribution is 6.09. The molecule has 5 nitrogen and oxygen atoms in total. The highest BCUT2D eigenvalue weighted by Crippen LogP contribution is 2.47. The van der Waals surface area contributed by atoms with Crippen molar-refractivity contribution < 1.29 is 4.74 Å². The fraction of sp³-hybridized carbons (Fsp3) is 0.242. The van der Waals surface area contributed by atoms with Crippen LogP contribution in [-0.2, 0) is 21.7 Å². The van der Waals surface area contributed by atoms with Crippen LogP contribution in [0.5, 0.6) is 11.5 Å². The predicted molar refractivity (Wildman–Crippen MR) is 282 cm³/mol. The molecule has 0 amide bonds. The molecule has 0 N–H and O–H groups in total. The van der Waals surface area contributed by atoms with Gasteiger partial charge in [-0.15, -0.1) is 0 Å². The van der Waals surface area contributed by atoms with E-state index < -0.39 is 0 Å². The summed E-state index contributed by atoms with van der Waals surface area (Å²) in [5.74, 6) is 2.43. The summed E-state index contributed by atoms with van der Waals surface area (Å²) < 4.78 is 9.19. The number of nitrogens with zero attached hydrogens (tertiary/aromatic N) is 4. The van der Waals surface area contributed by atoms with Crippen molar-refractivity contribution in [2.24, 2.45) is 0 Å². The maximum Gasteiger partial charge on any atom is 0.137 e. The van der Waals surface area contributed by atoms with Crippen LogP contribution in [-0.4, -0.2) is 16.2 Å². The molecule has 0 fully saturated rings. The number of fused-ring (bicyclic) bond motifs is 4. The van der Waals surface area contributed by atoms with Crippen molar-refractivity contribution in [2.45, 2.75) is 90.9 Å². The van der Waals surface area contributed by atoms with E-state index in [1.807, 2.05) is 6.20 Å². The lowest BCUT2D eigenvalue weighted by Crippen LogP contribution is -2.26. The smallest absolute Gasteiger partial charge is 0.137 e. The molecule has 0 unspecified atom stereocenters. The highest BCUT2D eigenvalue weighted by atomic mass is 16.5. The maximum atomic E-state index is 6.86. The summed E-state index contributed by atoms with van der Waals surface area (Å²) in [7, 11) is 0. The lowest BCUT2D eigenvalue weighted by molar-refractivity contribution is 0.483. The van der Waals surface area contributed by atoms with Gasteiger partial charge in [-0.2, -0.15) is 0 Å². The first-order chi connectivity index (χ1) is 32.0. The number of benzene rings is 7. The molecular weight excluding hydrogens is 817 g/mol. The van der Waals surface area contributed by atoms with Crippen molar-refractivity contribution in [3.05, 3.63) is 216 Å². The Morgan fingerprint density at radius 3 is 1.60 bits per heavy atom. The van der Waals surface area contributed by atoms with Gasteiger partial charge in [0, 0.05) is 51.3 Å². The normalized spacial score (nSPS) is 13.4. The van der Waals surface area contributed by atoms with Gasteiger partial charge in [-0.3, -0.25) is 4.57 Å². The quantitative estimate of drug-likeness (QED) is 0.145. The van der Waals surface area contributed by atoms with Gasteiger partial charge in [0.25, 0.3) is 0 Å². The SMILES string of the molecule is CC(C)(C)c1cc(N2CN(c3cccc(Oc4ccc5c6ccc(C(C)(C)c7ccccc7)cc6n(-c6cc(C(C)(C)C)ccn6)c5c4)c3)c3ccccc32)cc(C(C)(C)c2ccccc2)c1. The van der Waals surface area contributed by atoms with Gasteiger partial charge in [0.1, 0.15) is 24.0 Å². The molecule has 3 heterocycles. The Hall–Kier alpha value is -7.11. The standard InChI is InChI=1S/C62H62N4O/c1-59(2,3)44-32-33-63-58(38-44)66-56-37-45(61(7,8)42-20-13-11-14-21-42)28-30-52(56)53-31-29-51(40-57(53)66)67-50-25-19-24-48(39-50)64-41-65(55-27-18-17-26-54(55)64)49-35-46(60(4,5)6)34-47(36-49)62(9,10)43-22-15-12-16-23-43/h11-40H,41H2,1-10H3. The summed E-state index contributed by atoms with van der Waals surface area (Å²) in [5, 5.41) is 2.34. The van der Waals surface area contributed by atoms with Gasteiger partial charge in [-0.05, 0) is 111 Å². The van der Waals surface area contributed by atoms with Crippen molar-refractivity contribution >= 4 is 44.6 Å². The third-order valence-corrected chi connectivity index (χ3v) is 14.2. The van der Waals surface area contributed by atoms with Crippen LogP contribution >= 0.6 is 0 Å². The molecule has 67 heavy (non-hydrogen) atoms. The zero-order valence-corrected chi connectivity index (χ0v) is 40.7. The van der Waals surface area contributed by atoms with Crippen LogP contribution in [0.3, 0.4) is 0 Å². The number of para-hydroxylation sites is 2. The minimum Gasteiger partial charge on any atom is -0.457 e. The molecular formula is C62H62N4O. The van der Waals surface area contributed by atoms with Crippen molar-refractivity contribution in [1.29, 1.82) is 0 Å². The molecule has 5 heteroatoms. The minimum absolute atomic E-state index is 0.0330. The Morgan fingerprint density at radius 1 is 0.403 bits per heavy atom. The number of hydrogen-bond acceptors (Lipinski definition) is 4. The van der Waals surface area contributed by atoms with Crippen LogP contribution in [0.2, 0.25) is 0 Å². The third-order valence-electron chi connectivity index (χ3n) is 14.2. The third kappa shape index (κ3) is 8.05. The summed E-state index contributed by atoms with van der Waals surface area (Å²) in [4.78, 5) is 9.88. The number of anilines is 4. The summed E-state index contributed by atoms with van der Waals surface area (Å²) in [5.41, 5.74) is 14.0. The number of aromatic nitrogens is 2. The average molecular weight is 879 g/mol. The van der Waals surface area contributed by atoms with Gasteiger partial charge in [0.2, 0.25) is 0 Å². The van der Waals surface area contributed by atoms with Crippen LogP contribution < -0.4 is 14.5 Å². The Morgan fingerprint density at radius 2 is 0.955 bits per heavy atom. The molecule has 2 aromatic heterocycles. The molecule has 0 spiro atoms. The molecule has 10 rings (SSSR count). The molecule has 0 saturated carbocycles. The lowest BCUT2D eigenvalue weighted by atomic mass is 9.75. The van der Waals surface area contributed by atoms with E-state index in [1.54, 1.807) is 0 Å². The topological polar surface area (TPSA) is 33.5 Å². The molecule has 336 valence electrons. The number of hydrogen-bond donors (Lipinski definition) is 0. The van der Waals surface area contributed by atoms with E-state index in [4.69, 9.17) is 9.72 Å². The molecule has 7 aromatic carbocycles. The van der Waals surface area contributed by atoms with Crippen molar-refractivity contribution in [1.82, 2.24) is 9.55 Å². The van der Waals surface area contributed by atoms with Crippen molar-refractivity contribution in [3.63, 3.8) is 0 Å². The van der Waals surface area contributed by atoms with Gasteiger partial charge in [0.15, 0.2) is 0 Å². The van der Waals surface area contributed by atoms with E-state index in [1.165, 1.54) is 50.1 Å². The lowest BCUT2D eigenvalue weighted by Gasteiger charge is -2.31. The molecule has 0 atom stereocenters. The van der Waals surface area contributed by atoms with Crippen molar-refractivity contribution in [3.8, 4) is 17.3 Å². The van der Waals surface area contributed by atoms with Crippen LogP contribution in [0.4, 0.5) is 22.7 Å². The second kappa shape index (κ2) is 16.3. The Bertz CT molecular complexity index is 3280. The van der Waals surface area contributed by atoms with E-state index in [9.17, 15) is 0 Å². The predicted octanol–water partition coefficient (Wildman–Crippen LogP) is 16.5. The second-order valence-electron chi connectivity index (χ2n) is 21.5. The molecule has 9 aromatic rings. The summed E-state index contributed by atoms with van der Waals surface area (Å²) >= 11 is 0. The maximum absolute atomic E-state index is 6.86. The van der Waals surface area contributed by atoms with Crippen LogP contribution in [0.25, 0.3) is 27.6 Å². The van der Waals surface area contributed by atoms with Crippen LogP contribution in [0, 0.1) is 0 Å². The first-order valence-electron chi connectivity index (χ1n) is 23.7. The largest absolute Gasteiger partial charge is 0.457 e. The van der Waals surface area contributed by atoms with Crippen molar-refractivity contribution in [2.75, 3.05) is 16.5 Å². The van der Waals surface area contributed by atoms with E-state index in [0.29, 0.717) is 6.67 Å². The molecule has 0 saturated heterocycles. The average Bonchev–Trinajstić information content (AvgIpc) is 3.87. The summed E-state index contributed by atoms with van der Waals surface area (Å²) in [6.07, 6.45) is 1.94. The first-order valence-corrected chi connectivity index (χ1v) is 23.7. The van der Waals surface area contributed by atoms with Crippen LogP contribution in [0.15, 0.2) is 182 Å². The summed E-state index contributed by atoms with van der Waals surface area (Å²) in [6, 6.07) is 63.9.